The van der Waals surface area contributed by atoms with Crippen molar-refractivity contribution >= 4 is 6.08 Å². The van der Waals surface area contributed by atoms with Gasteiger partial charge in [0.2, 0.25) is 6.08 Å². The molecule has 0 rings (SSSR count). The molecule has 0 saturated carbocycles. The number of isocyanates is 1. The van der Waals surface area contributed by atoms with E-state index in [1.807, 2.05) is 0 Å². The molecule has 0 heterocycles. The van der Waals surface area contributed by atoms with E-state index in [4.69, 9.17) is 4.74 Å². The van der Waals surface area contributed by atoms with Crippen LogP contribution in [0.2, 0.25) is 0 Å². The minimum Gasteiger partial charge on any atom is -0.379 e. The summed E-state index contributed by atoms with van der Waals surface area (Å²) in [5.41, 5.74) is -0.0890. The van der Waals surface area contributed by atoms with Gasteiger partial charge in [-0.2, -0.15) is 0 Å². The largest absolute Gasteiger partial charge is 0.379 e. The van der Waals surface area contributed by atoms with Gasteiger partial charge in [-0.05, 0) is 39.0 Å². The zero-order valence-corrected chi connectivity index (χ0v) is 13.9. The van der Waals surface area contributed by atoms with Crippen LogP contribution in [-0.2, 0) is 9.53 Å². The highest BCUT2D eigenvalue weighted by atomic mass is 16.5. The van der Waals surface area contributed by atoms with Gasteiger partial charge in [-0.3, -0.25) is 0 Å². The zero-order chi connectivity index (χ0) is 15.3. The molecule has 3 nitrogen and oxygen atoms in total. The van der Waals surface area contributed by atoms with Crippen molar-refractivity contribution in [3.8, 4) is 0 Å². The number of hydrogen-bond donors (Lipinski definition) is 0. The SMILES string of the molecule is CCCCCCCCC(CCCN=C=O)C(C)(C)OC. The van der Waals surface area contributed by atoms with Crippen LogP contribution in [0, 0.1) is 5.92 Å². The Bertz CT molecular complexity index is 270. The number of nitrogens with zero attached hydrogens (tertiary/aromatic N) is 1. The Hall–Kier alpha value is -0.660. The predicted molar refractivity (Wildman–Crippen MR) is 84.8 cm³/mol. The minimum absolute atomic E-state index is 0.0890. The van der Waals surface area contributed by atoms with Gasteiger partial charge in [0, 0.05) is 7.11 Å². The summed E-state index contributed by atoms with van der Waals surface area (Å²) in [5.74, 6) is 0.542. The van der Waals surface area contributed by atoms with E-state index in [9.17, 15) is 4.79 Å². The van der Waals surface area contributed by atoms with Crippen LogP contribution in [0.4, 0.5) is 0 Å². The maximum atomic E-state index is 10.1. The van der Waals surface area contributed by atoms with Gasteiger partial charge in [0.25, 0.3) is 0 Å². The molecule has 0 fully saturated rings. The topological polar surface area (TPSA) is 38.7 Å². The first kappa shape index (κ1) is 19.3. The second-order valence-corrected chi connectivity index (χ2v) is 6.18. The first-order valence-electron chi connectivity index (χ1n) is 8.17. The minimum atomic E-state index is -0.0890. The summed E-state index contributed by atoms with van der Waals surface area (Å²) in [7, 11) is 1.79. The van der Waals surface area contributed by atoms with Crippen LogP contribution in [0.1, 0.15) is 78.6 Å². The molecule has 0 saturated heterocycles. The average molecular weight is 283 g/mol. The number of unbranched alkanes of at least 4 members (excludes halogenated alkanes) is 5. The summed E-state index contributed by atoms with van der Waals surface area (Å²) in [6.07, 6.45) is 12.8. The van der Waals surface area contributed by atoms with Crippen LogP contribution >= 0.6 is 0 Å². The van der Waals surface area contributed by atoms with Gasteiger partial charge in [0.05, 0.1) is 12.1 Å². The highest BCUT2D eigenvalue weighted by Crippen LogP contribution is 2.30. The van der Waals surface area contributed by atoms with Gasteiger partial charge in [-0.25, -0.2) is 9.79 Å². The zero-order valence-electron chi connectivity index (χ0n) is 13.9. The van der Waals surface area contributed by atoms with Crippen LogP contribution < -0.4 is 0 Å². The lowest BCUT2D eigenvalue weighted by molar-refractivity contribution is -0.0348. The maximum Gasteiger partial charge on any atom is 0.234 e. The smallest absolute Gasteiger partial charge is 0.234 e. The van der Waals surface area contributed by atoms with Crippen molar-refractivity contribution in [1.29, 1.82) is 0 Å². The third-order valence-electron chi connectivity index (χ3n) is 4.30. The van der Waals surface area contributed by atoms with E-state index in [-0.39, 0.29) is 5.60 Å². The summed E-state index contributed by atoms with van der Waals surface area (Å²) < 4.78 is 5.64. The highest BCUT2D eigenvalue weighted by Gasteiger charge is 2.28. The highest BCUT2D eigenvalue weighted by molar-refractivity contribution is 5.32. The van der Waals surface area contributed by atoms with Gasteiger partial charge in [-0.1, -0.05) is 45.4 Å². The first-order valence-corrected chi connectivity index (χ1v) is 8.17. The third kappa shape index (κ3) is 9.28. The molecule has 0 aromatic heterocycles. The molecule has 0 spiro atoms. The fourth-order valence-electron chi connectivity index (χ4n) is 2.64. The molecule has 0 N–H and O–H groups in total. The molecule has 20 heavy (non-hydrogen) atoms. The summed E-state index contributed by atoms with van der Waals surface area (Å²) in [5, 5.41) is 0. The second kappa shape index (κ2) is 12.1. The lowest BCUT2D eigenvalue weighted by atomic mass is 9.82. The molecule has 0 bridgehead atoms. The van der Waals surface area contributed by atoms with E-state index >= 15 is 0 Å². The van der Waals surface area contributed by atoms with Crippen molar-refractivity contribution in [3.63, 3.8) is 0 Å². The number of rotatable bonds is 13. The summed E-state index contributed by atoms with van der Waals surface area (Å²) in [6, 6.07) is 0. The van der Waals surface area contributed by atoms with Gasteiger partial charge in [0.15, 0.2) is 0 Å². The lowest BCUT2D eigenvalue weighted by Gasteiger charge is -2.33. The molecular weight excluding hydrogens is 250 g/mol. The van der Waals surface area contributed by atoms with E-state index in [1.165, 1.54) is 44.9 Å². The Labute approximate surface area is 125 Å². The second-order valence-electron chi connectivity index (χ2n) is 6.18. The van der Waals surface area contributed by atoms with Crippen molar-refractivity contribution in [3.05, 3.63) is 0 Å². The van der Waals surface area contributed by atoms with E-state index in [2.05, 4.69) is 25.8 Å². The van der Waals surface area contributed by atoms with Crippen molar-refractivity contribution < 1.29 is 9.53 Å². The normalized spacial score (nSPS) is 13.0. The maximum absolute atomic E-state index is 10.1. The average Bonchev–Trinajstić information content (AvgIpc) is 2.44. The number of methoxy groups -OCH3 is 1. The van der Waals surface area contributed by atoms with Gasteiger partial charge in [-0.15, -0.1) is 0 Å². The third-order valence-corrected chi connectivity index (χ3v) is 4.30. The van der Waals surface area contributed by atoms with Crippen molar-refractivity contribution in [2.24, 2.45) is 10.9 Å². The Morgan fingerprint density at radius 2 is 1.65 bits per heavy atom. The Balaban J connectivity index is 4.02. The Kier molecular flexibility index (Phi) is 11.7. The molecule has 1 atom stereocenters. The fraction of sp³-hybridized carbons (Fsp3) is 0.941. The number of hydrogen-bond acceptors (Lipinski definition) is 3. The molecule has 0 aromatic rings. The number of carbonyl (C=O) groups excluding carboxylic acids is 1. The van der Waals surface area contributed by atoms with Crippen LogP contribution in [0.5, 0.6) is 0 Å². The van der Waals surface area contributed by atoms with Crippen molar-refractivity contribution in [1.82, 2.24) is 0 Å². The van der Waals surface area contributed by atoms with Crippen LogP contribution in [0.3, 0.4) is 0 Å². The summed E-state index contributed by atoms with van der Waals surface area (Å²) in [4.78, 5) is 13.7. The standard InChI is InChI=1S/C17H33NO2/c1-5-6-7-8-9-10-12-16(17(2,3)20-4)13-11-14-18-15-19/h16H,5-14H2,1-4H3. The molecule has 3 heteroatoms. The quantitative estimate of drug-likeness (QED) is 0.274. The molecule has 0 amide bonds. The lowest BCUT2D eigenvalue weighted by Crippen LogP contribution is -2.33. The van der Waals surface area contributed by atoms with E-state index in [0.29, 0.717) is 12.5 Å². The molecule has 118 valence electrons. The van der Waals surface area contributed by atoms with Crippen LogP contribution in [-0.4, -0.2) is 25.3 Å². The molecule has 0 aromatic carbocycles. The van der Waals surface area contributed by atoms with E-state index in [1.54, 1.807) is 13.2 Å². The molecule has 0 aliphatic rings. The van der Waals surface area contributed by atoms with Crippen molar-refractivity contribution in [2.45, 2.75) is 84.2 Å². The van der Waals surface area contributed by atoms with Crippen molar-refractivity contribution in [2.75, 3.05) is 13.7 Å². The monoisotopic (exact) mass is 283 g/mol. The number of aliphatic imine (C=N–C) groups is 1. The molecule has 0 aliphatic carbocycles. The Morgan fingerprint density at radius 3 is 2.25 bits per heavy atom. The van der Waals surface area contributed by atoms with Gasteiger partial charge in [0.1, 0.15) is 0 Å². The fourth-order valence-corrected chi connectivity index (χ4v) is 2.64. The number of ether oxygens (including phenoxy) is 1. The van der Waals surface area contributed by atoms with Crippen LogP contribution in [0.15, 0.2) is 4.99 Å². The van der Waals surface area contributed by atoms with E-state index in [0.717, 1.165) is 12.8 Å². The first-order chi connectivity index (χ1) is 9.58. The van der Waals surface area contributed by atoms with E-state index < -0.39 is 0 Å². The van der Waals surface area contributed by atoms with Gasteiger partial charge >= 0.3 is 0 Å². The molecule has 0 aliphatic heterocycles. The summed E-state index contributed by atoms with van der Waals surface area (Å²) >= 11 is 0. The molecule has 1 unspecified atom stereocenters. The molecular formula is C17H33NO2. The molecule has 0 radical (unpaired) electrons. The Morgan fingerprint density at radius 1 is 1.05 bits per heavy atom. The van der Waals surface area contributed by atoms with Gasteiger partial charge < -0.3 is 4.74 Å². The predicted octanol–water partition coefficient (Wildman–Crippen LogP) is 4.89. The summed E-state index contributed by atoms with van der Waals surface area (Å²) in [6.45, 7) is 7.17. The van der Waals surface area contributed by atoms with Crippen LogP contribution in [0.25, 0.3) is 0 Å².